The molecule has 1 aromatic heterocycles. The number of hydrogen-bond donors (Lipinski definition) is 0. The first kappa shape index (κ1) is 19.4. The zero-order valence-corrected chi connectivity index (χ0v) is 16.7. The van der Waals surface area contributed by atoms with Gasteiger partial charge in [0.25, 0.3) is 0 Å². The fourth-order valence-corrected chi connectivity index (χ4v) is 4.17. The van der Waals surface area contributed by atoms with Crippen molar-refractivity contribution in [1.29, 1.82) is 0 Å². The van der Waals surface area contributed by atoms with Gasteiger partial charge in [0.2, 0.25) is 5.91 Å². The van der Waals surface area contributed by atoms with E-state index in [1.165, 1.54) is 0 Å². The van der Waals surface area contributed by atoms with Crippen molar-refractivity contribution in [1.82, 2.24) is 14.8 Å². The summed E-state index contributed by atoms with van der Waals surface area (Å²) in [6.07, 6.45) is 3.69. The average Bonchev–Trinajstić information content (AvgIpc) is 3.37. The highest BCUT2D eigenvalue weighted by Gasteiger charge is 2.28. The van der Waals surface area contributed by atoms with Crippen LogP contribution in [0.1, 0.15) is 18.7 Å². The van der Waals surface area contributed by atoms with Gasteiger partial charge in [-0.1, -0.05) is 23.7 Å². The highest BCUT2D eigenvalue weighted by atomic mass is 35.5. The Kier molecular flexibility index (Phi) is 6.29. The van der Waals surface area contributed by atoms with Gasteiger partial charge in [-0.05, 0) is 24.5 Å². The molecule has 0 radical (unpaired) electrons. The molecule has 0 unspecified atom stereocenters. The second-order valence-electron chi connectivity index (χ2n) is 7.51. The van der Waals surface area contributed by atoms with Crippen molar-refractivity contribution in [3.05, 3.63) is 41.4 Å². The van der Waals surface area contributed by atoms with Gasteiger partial charge < -0.3 is 14.1 Å². The lowest BCUT2D eigenvalue weighted by Crippen LogP contribution is -2.40. The van der Waals surface area contributed by atoms with Gasteiger partial charge in [0, 0.05) is 51.1 Å². The van der Waals surface area contributed by atoms with E-state index in [4.69, 9.17) is 20.8 Å². The maximum absolute atomic E-state index is 12.6. The van der Waals surface area contributed by atoms with Gasteiger partial charge in [-0.2, -0.15) is 0 Å². The average molecular weight is 404 g/mol. The zero-order valence-electron chi connectivity index (χ0n) is 16.0. The van der Waals surface area contributed by atoms with Crippen LogP contribution in [0, 0.1) is 5.92 Å². The molecule has 3 heterocycles. The molecule has 4 rings (SSSR count). The van der Waals surface area contributed by atoms with Gasteiger partial charge in [-0.15, -0.1) is 0 Å². The molecule has 6 nitrogen and oxygen atoms in total. The zero-order chi connectivity index (χ0) is 19.3. The molecule has 0 spiro atoms. The van der Waals surface area contributed by atoms with Gasteiger partial charge in [0.05, 0.1) is 24.4 Å². The van der Waals surface area contributed by atoms with E-state index < -0.39 is 0 Å². The molecule has 2 aliphatic rings. The lowest BCUT2D eigenvalue weighted by Gasteiger charge is -2.29. The van der Waals surface area contributed by atoms with E-state index in [1.807, 2.05) is 29.2 Å². The third kappa shape index (κ3) is 4.74. The Bertz CT molecular complexity index is 804. The van der Waals surface area contributed by atoms with Crippen LogP contribution in [0.5, 0.6) is 0 Å². The van der Waals surface area contributed by atoms with Crippen LogP contribution < -0.4 is 0 Å². The van der Waals surface area contributed by atoms with E-state index in [9.17, 15) is 4.79 Å². The molecule has 150 valence electrons. The maximum Gasteiger partial charge on any atom is 0.223 e. The number of aryl methyl sites for hydroxylation is 1. The number of rotatable bonds is 6. The van der Waals surface area contributed by atoms with E-state index in [1.54, 1.807) is 6.20 Å². The summed E-state index contributed by atoms with van der Waals surface area (Å²) < 4.78 is 11.2. The number of carbonyl (C=O) groups is 1. The fourth-order valence-electron chi connectivity index (χ4n) is 3.94. The SMILES string of the molecule is O=C(CCc1ncc(-c2ccccc2Cl)o1)N1CC[C@@H](CN2CCOCC2)C1. The van der Waals surface area contributed by atoms with Crippen molar-refractivity contribution in [2.75, 3.05) is 45.9 Å². The summed E-state index contributed by atoms with van der Waals surface area (Å²) in [5, 5.41) is 0.629. The number of morpholine rings is 1. The summed E-state index contributed by atoms with van der Waals surface area (Å²) in [7, 11) is 0. The van der Waals surface area contributed by atoms with Gasteiger partial charge in [0.1, 0.15) is 0 Å². The lowest BCUT2D eigenvalue weighted by atomic mass is 10.1. The smallest absolute Gasteiger partial charge is 0.223 e. The van der Waals surface area contributed by atoms with Gasteiger partial charge in [-0.3, -0.25) is 9.69 Å². The summed E-state index contributed by atoms with van der Waals surface area (Å²) in [5.41, 5.74) is 0.819. The van der Waals surface area contributed by atoms with Crippen LogP contribution in [0.15, 0.2) is 34.9 Å². The summed E-state index contributed by atoms with van der Waals surface area (Å²) in [6, 6.07) is 7.51. The molecule has 1 aromatic carbocycles. The van der Waals surface area contributed by atoms with Crippen LogP contribution >= 0.6 is 11.6 Å². The molecular formula is C21H26ClN3O3. The standard InChI is InChI=1S/C21H26ClN3O3/c22-18-4-2-1-3-17(18)19-13-23-20(28-19)5-6-21(26)25-8-7-16(15-25)14-24-9-11-27-12-10-24/h1-4,13,16H,5-12,14-15H2/t16-/m0/s1. The molecule has 0 N–H and O–H groups in total. The van der Waals surface area contributed by atoms with E-state index in [0.717, 1.165) is 57.9 Å². The van der Waals surface area contributed by atoms with Crippen molar-refractivity contribution in [3.63, 3.8) is 0 Å². The van der Waals surface area contributed by atoms with Crippen molar-refractivity contribution < 1.29 is 13.9 Å². The Balaban J connectivity index is 1.25. The van der Waals surface area contributed by atoms with Crippen molar-refractivity contribution in [3.8, 4) is 11.3 Å². The number of nitrogens with zero attached hydrogens (tertiary/aromatic N) is 3. The Morgan fingerprint density at radius 2 is 2.04 bits per heavy atom. The molecule has 1 atom stereocenters. The van der Waals surface area contributed by atoms with Crippen molar-refractivity contribution >= 4 is 17.5 Å². The second-order valence-corrected chi connectivity index (χ2v) is 7.91. The Labute approximate surface area is 170 Å². The number of oxazole rings is 1. The quantitative estimate of drug-likeness (QED) is 0.741. The number of amides is 1. The monoisotopic (exact) mass is 403 g/mol. The van der Waals surface area contributed by atoms with Crippen molar-refractivity contribution in [2.45, 2.75) is 19.3 Å². The molecule has 0 bridgehead atoms. The molecule has 2 fully saturated rings. The highest BCUT2D eigenvalue weighted by molar-refractivity contribution is 6.33. The molecule has 0 aliphatic carbocycles. The maximum atomic E-state index is 12.6. The molecule has 7 heteroatoms. The summed E-state index contributed by atoms with van der Waals surface area (Å²) in [6.45, 7) is 6.42. The van der Waals surface area contributed by atoms with Crippen molar-refractivity contribution in [2.24, 2.45) is 5.92 Å². The van der Waals surface area contributed by atoms with Crippen LogP contribution in [-0.2, 0) is 16.0 Å². The molecule has 0 saturated carbocycles. The molecule has 1 amide bonds. The summed E-state index contributed by atoms with van der Waals surface area (Å²) in [5.74, 6) is 1.96. The third-order valence-corrected chi connectivity index (χ3v) is 5.83. The van der Waals surface area contributed by atoms with Gasteiger partial charge >= 0.3 is 0 Å². The fraction of sp³-hybridized carbons (Fsp3) is 0.524. The second kappa shape index (κ2) is 9.07. The minimum absolute atomic E-state index is 0.182. The Hall–Kier alpha value is -1.89. The largest absolute Gasteiger partial charge is 0.441 e. The number of aromatic nitrogens is 1. The number of carbonyl (C=O) groups excluding carboxylic acids is 1. The minimum atomic E-state index is 0.182. The predicted octanol–water partition coefficient (Wildman–Crippen LogP) is 3.11. The Morgan fingerprint density at radius 3 is 2.86 bits per heavy atom. The number of likely N-dealkylation sites (tertiary alicyclic amines) is 1. The molecular weight excluding hydrogens is 378 g/mol. The van der Waals surface area contributed by atoms with E-state index in [2.05, 4.69) is 9.88 Å². The van der Waals surface area contributed by atoms with E-state index in [-0.39, 0.29) is 5.91 Å². The first-order chi connectivity index (χ1) is 13.7. The normalized spacial score (nSPS) is 20.6. The van der Waals surface area contributed by atoms with Crippen LogP contribution in [0.25, 0.3) is 11.3 Å². The number of ether oxygens (including phenoxy) is 1. The number of halogens is 1. The minimum Gasteiger partial charge on any atom is -0.441 e. The van der Waals surface area contributed by atoms with Crippen LogP contribution in [0.2, 0.25) is 5.02 Å². The van der Waals surface area contributed by atoms with Crippen LogP contribution in [-0.4, -0.2) is 66.6 Å². The predicted molar refractivity (Wildman–Crippen MR) is 107 cm³/mol. The third-order valence-electron chi connectivity index (χ3n) is 5.50. The lowest BCUT2D eigenvalue weighted by molar-refractivity contribution is -0.130. The first-order valence-corrected chi connectivity index (χ1v) is 10.3. The Morgan fingerprint density at radius 1 is 1.21 bits per heavy atom. The summed E-state index contributed by atoms with van der Waals surface area (Å²) in [4.78, 5) is 21.3. The van der Waals surface area contributed by atoms with E-state index in [0.29, 0.717) is 35.4 Å². The van der Waals surface area contributed by atoms with E-state index >= 15 is 0 Å². The number of hydrogen-bond acceptors (Lipinski definition) is 5. The molecule has 28 heavy (non-hydrogen) atoms. The topological polar surface area (TPSA) is 58.8 Å². The first-order valence-electron chi connectivity index (χ1n) is 9.96. The van der Waals surface area contributed by atoms with Crippen LogP contribution in [0.3, 0.4) is 0 Å². The molecule has 2 saturated heterocycles. The van der Waals surface area contributed by atoms with Crippen LogP contribution in [0.4, 0.5) is 0 Å². The molecule has 2 aliphatic heterocycles. The summed E-state index contributed by atoms with van der Waals surface area (Å²) >= 11 is 6.21. The van der Waals surface area contributed by atoms with Gasteiger partial charge in [-0.25, -0.2) is 4.98 Å². The van der Waals surface area contributed by atoms with Gasteiger partial charge in [0.15, 0.2) is 11.7 Å². The number of benzene rings is 1. The highest BCUT2D eigenvalue weighted by Crippen LogP contribution is 2.28. The molecule has 2 aromatic rings.